The van der Waals surface area contributed by atoms with Gasteiger partial charge in [-0.15, -0.1) is 0 Å². The molecule has 1 unspecified atom stereocenters. The lowest BCUT2D eigenvalue weighted by Crippen LogP contribution is -2.34. The Morgan fingerprint density at radius 3 is 3.06 bits per heavy atom. The van der Waals surface area contributed by atoms with Crippen LogP contribution in [0.4, 0.5) is 0 Å². The molecule has 1 heterocycles. The number of para-hydroxylation sites is 1. The van der Waals surface area contributed by atoms with Gasteiger partial charge in [-0.2, -0.15) is 0 Å². The number of hydrogen-bond acceptors (Lipinski definition) is 3. The van der Waals surface area contributed by atoms with Gasteiger partial charge in [-0.3, -0.25) is 4.79 Å². The molecule has 18 heavy (non-hydrogen) atoms. The van der Waals surface area contributed by atoms with Crippen LogP contribution in [0.1, 0.15) is 24.3 Å². The lowest BCUT2D eigenvalue weighted by Gasteiger charge is -2.25. The van der Waals surface area contributed by atoms with Crippen LogP contribution in [-0.4, -0.2) is 24.0 Å². The van der Waals surface area contributed by atoms with Crippen molar-refractivity contribution in [1.82, 2.24) is 5.32 Å². The van der Waals surface area contributed by atoms with Crippen LogP contribution in [0.15, 0.2) is 24.3 Å². The van der Waals surface area contributed by atoms with Gasteiger partial charge >= 0.3 is 0 Å². The van der Waals surface area contributed by atoms with E-state index in [4.69, 9.17) is 22.7 Å². The van der Waals surface area contributed by atoms with Crippen LogP contribution in [0, 0.1) is 0 Å². The van der Waals surface area contributed by atoms with Crippen molar-refractivity contribution in [3.05, 3.63) is 29.8 Å². The summed E-state index contributed by atoms with van der Waals surface area (Å²) in [4.78, 5) is 12.5. The molecule has 0 saturated heterocycles. The van der Waals surface area contributed by atoms with E-state index in [9.17, 15) is 4.79 Å². The number of benzene rings is 1. The second-order valence-electron chi connectivity index (χ2n) is 4.23. The normalized spacial score (nSPS) is 17.4. The smallest absolute Gasteiger partial charge is 0.227 e. The minimum Gasteiger partial charge on any atom is -0.493 e. The average Bonchev–Trinajstić information content (AvgIpc) is 2.37. The van der Waals surface area contributed by atoms with Crippen molar-refractivity contribution in [2.45, 2.75) is 18.8 Å². The molecule has 0 bridgehead atoms. The molecular weight excluding hydrogens is 248 g/mol. The second-order valence-corrected chi connectivity index (χ2v) is 4.76. The predicted molar refractivity (Wildman–Crippen MR) is 73.7 cm³/mol. The largest absolute Gasteiger partial charge is 0.493 e. The van der Waals surface area contributed by atoms with Gasteiger partial charge in [0, 0.05) is 18.5 Å². The van der Waals surface area contributed by atoms with Gasteiger partial charge in [0.2, 0.25) is 5.91 Å². The van der Waals surface area contributed by atoms with E-state index in [2.05, 4.69) is 5.32 Å². The molecule has 1 aliphatic rings. The number of hydrogen-bond donors (Lipinski definition) is 2. The van der Waals surface area contributed by atoms with Crippen LogP contribution in [0.25, 0.3) is 0 Å². The van der Waals surface area contributed by atoms with Crippen molar-refractivity contribution in [2.75, 3.05) is 13.2 Å². The Hall–Kier alpha value is -1.62. The molecule has 1 aliphatic heterocycles. The third kappa shape index (κ3) is 2.98. The molecule has 0 fully saturated rings. The number of ether oxygens (including phenoxy) is 1. The molecule has 1 aromatic carbocycles. The molecule has 1 atom stereocenters. The van der Waals surface area contributed by atoms with Crippen molar-refractivity contribution in [2.24, 2.45) is 5.73 Å². The fourth-order valence-electron chi connectivity index (χ4n) is 2.05. The highest BCUT2D eigenvalue weighted by Crippen LogP contribution is 2.33. The van der Waals surface area contributed by atoms with E-state index in [0.29, 0.717) is 31.0 Å². The van der Waals surface area contributed by atoms with E-state index in [1.54, 1.807) is 0 Å². The van der Waals surface area contributed by atoms with Gasteiger partial charge in [-0.1, -0.05) is 30.4 Å². The summed E-state index contributed by atoms with van der Waals surface area (Å²) in [6.07, 6.45) is 1.24. The summed E-state index contributed by atoms with van der Waals surface area (Å²) in [7, 11) is 0. The number of nitrogens with two attached hydrogens (primary N) is 1. The van der Waals surface area contributed by atoms with Gasteiger partial charge in [-0.05, 0) is 12.5 Å². The Morgan fingerprint density at radius 1 is 1.50 bits per heavy atom. The number of rotatable bonds is 4. The molecule has 96 valence electrons. The Kier molecular flexibility index (Phi) is 4.15. The van der Waals surface area contributed by atoms with Crippen LogP contribution in [-0.2, 0) is 4.79 Å². The maximum atomic E-state index is 12.1. The quantitative estimate of drug-likeness (QED) is 0.806. The Balaban J connectivity index is 2.01. The summed E-state index contributed by atoms with van der Waals surface area (Å²) in [5.41, 5.74) is 6.35. The summed E-state index contributed by atoms with van der Waals surface area (Å²) >= 11 is 4.77. The average molecular weight is 264 g/mol. The molecule has 0 radical (unpaired) electrons. The topological polar surface area (TPSA) is 64.3 Å². The maximum absolute atomic E-state index is 12.1. The Labute approximate surface area is 112 Å². The zero-order valence-corrected chi connectivity index (χ0v) is 10.8. The summed E-state index contributed by atoms with van der Waals surface area (Å²) in [5.74, 6) is 0.682. The second kappa shape index (κ2) is 5.82. The molecule has 1 aromatic rings. The first-order valence-electron chi connectivity index (χ1n) is 5.96. The van der Waals surface area contributed by atoms with Crippen LogP contribution >= 0.6 is 12.2 Å². The molecular formula is C13H16N2O2S. The van der Waals surface area contributed by atoms with Crippen molar-refractivity contribution >= 4 is 23.1 Å². The van der Waals surface area contributed by atoms with E-state index in [-0.39, 0.29) is 11.8 Å². The number of carbonyl (C=O) groups is 1. The van der Waals surface area contributed by atoms with Crippen molar-refractivity contribution in [3.63, 3.8) is 0 Å². The summed E-state index contributed by atoms with van der Waals surface area (Å²) in [5, 5.41) is 2.86. The highest BCUT2D eigenvalue weighted by molar-refractivity contribution is 7.80. The number of amides is 1. The minimum absolute atomic E-state index is 0.0157. The van der Waals surface area contributed by atoms with E-state index < -0.39 is 0 Å². The maximum Gasteiger partial charge on any atom is 0.227 e. The first-order chi connectivity index (χ1) is 8.68. The predicted octanol–water partition coefficient (Wildman–Crippen LogP) is 1.35. The van der Waals surface area contributed by atoms with Crippen LogP contribution in [0.3, 0.4) is 0 Å². The number of fused-ring (bicyclic) bond motifs is 1. The zero-order chi connectivity index (χ0) is 13.0. The fraction of sp³-hybridized carbons (Fsp3) is 0.385. The standard InChI is InChI=1S/C13H16N2O2S/c14-12(18)5-7-15-13(16)10-6-8-17-11-4-2-1-3-9(10)11/h1-4,10H,5-8H2,(H2,14,18)(H,15,16). The van der Waals surface area contributed by atoms with E-state index in [1.807, 2.05) is 24.3 Å². The van der Waals surface area contributed by atoms with Crippen molar-refractivity contribution in [1.29, 1.82) is 0 Å². The summed E-state index contributed by atoms with van der Waals surface area (Å²) in [6.45, 7) is 1.07. The third-order valence-corrected chi connectivity index (χ3v) is 3.15. The van der Waals surface area contributed by atoms with Gasteiger partial charge in [-0.25, -0.2) is 0 Å². The van der Waals surface area contributed by atoms with Gasteiger partial charge in [0.1, 0.15) is 5.75 Å². The number of thiocarbonyl (C=S) groups is 1. The molecule has 0 saturated carbocycles. The molecule has 0 aliphatic carbocycles. The van der Waals surface area contributed by atoms with E-state index in [1.165, 1.54) is 0 Å². The lowest BCUT2D eigenvalue weighted by molar-refractivity contribution is -0.123. The molecule has 3 N–H and O–H groups in total. The molecule has 1 amide bonds. The Morgan fingerprint density at radius 2 is 2.28 bits per heavy atom. The monoisotopic (exact) mass is 264 g/mol. The SMILES string of the molecule is NC(=S)CCNC(=O)C1CCOc2ccccc21. The first kappa shape index (κ1) is 12.8. The highest BCUT2D eigenvalue weighted by Gasteiger charge is 2.26. The minimum atomic E-state index is -0.138. The zero-order valence-electron chi connectivity index (χ0n) is 10.0. The molecule has 0 aromatic heterocycles. The fourth-order valence-corrected chi connectivity index (χ4v) is 2.15. The number of carbonyl (C=O) groups excluding carboxylic acids is 1. The van der Waals surface area contributed by atoms with E-state index in [0.717, 1.165) is 11.3 Å². The van der Waals surface area contributed by atoms with E-state index >= 15 is 0 Å². The van der Waals surface area contributed by atoms with Crippen LogP contribution in [0.5, 0.6) is 5.75 Å². The summed E-state index contributed by atoms with van der Waals surface area (Å²) in [6, 6.07) is 7.66. The first-order valence-corrected chi connectivity index (χ1v) is 6.37. The van der Waals surface area contributed by atoms with Crippen molar-refractivity contribution in [3.8, 4) is 5.75 Å². The molecule has 0 spiro atoms. The Bertz CT molecular complexity index is 462. The molecule has 2 rings (SSSR count). The summed E-state index contributed by atoms with van der Waals surface area (Å²) < 4.78 is 5.53. The van der Waals surface area contributed by atoms with Crippen LogP contribution < -0.4 is 15.8 Å². The van der Waals surface area contributed by atoms with Gasteiger partial charge in [0.05, 0.1) is 17.5 Å². The number of nitrogens with one attached hydrogen (secondary N) is 1. The van der Waals surface area contributed by atoms with Gasteiger partial charge in [0.25, 0.3) is 0 Å². The molecule has 5 heteroatoms. The molecule has 4 nitrogen and oxygen atoms in total. The van der Waals surface area contributed by atoms with Gasteiger partial charge in [0.15, 0.2) is 0 Å². The lowest BCUT2D eigenvalue weighted by atomic mass is 9.92. The van der Waals surface area contributed by atoms with Gasteiger partial charge < -0.3 is 15.8 Å². The highest BCUT2D eigenvalue weighted by atomic mass is 32.1. The van der Waals surface area contributed by atoms with Crippen molar-refractivity contribution < 1.29 is 9.53 Å². The third-order valence-electron chi connectivity index (χ3n) is 2.95. The van der Waals surface area contributed by atoms with Crippen LogP contribution in [0.2, 0.25) is 0 Å².